The van der Waals surface area contributed by atoms with Crippen LogP contribution in [0.15, 0.2) is 29.1 Å². The molecule has 0 bridgehead atoms. The third kappa shape index (κ3) is 0.892. The van der Waals surface area contributed by atoms with Gasteiger partial charge in [-0.1, -0.05) is 6.04 Å². The third-order valence-electron chi connectivity index (χ3n) is 0.477. The number of aromatic nitrogens is 1. The molecule has 0 saturated heterocycles. The van der Waals surface area contributed by atoms with Crippen molar-refractivity contribution in [3.05, 3.63) is 34.7 Å². The van der Waals surface area contributed by atoms with Gasteiger partial charge in [0.15, 0.2) is 0 Å². The molecule has 0 unspecified atom stereocenters. The molecular formula is C5H5NO. The Labute approximate surface area is 46.4 Å². The summed E-state index contributed by atoms with van der Waals surface area (Å²) in [5.74, 6) is 0. The molecule has 1 heterocycles. The highest BCUT2D eigenvalue weighted by Crippen LogP contribution is 1.67. The van der Waals surface area contributed by atoms with Crippen molar-refractivity contribution < 1.29 is 5.48 Å². The highest BCUT2D eigenvalue weighted by atomic mass is 16.1. The van der Waals surface area contributed by atoms with Crippen LogP contribution in [0.1, 0.15) is 5.48 Å². The summed E-state index contributed by atoms with van der Waals surface area (Å²) in [5, 5.41) is 0. The first-order valence-electron chi connectivity index (χ1n) is 3.70. The summed E-state index contributed by atoms with van der Waals surface area (Å²) < 4.78 is 27.9. The lowest BCUT2D eigenvalue weighted by atomic mass is 10.5. The molecule has 2 nitrogen and oxygen atoms in total. The summed E-state index contributed by atoms with van der Waals surface area (Å²) in [6.07, 6.45) is -0.420. The van der Waals surface area contributed by atoms with Crippen molar-refractivity contribution in [1.29, 1.82) is 0 Å². The molecule has 1 aromatic rings. The van der Waals surface area contributed by atoms with Gasteiger partial charge in [-0.15, -0.1) is 0 Å². The van der Waals surface area contributed by atoms with Crippen LogP contribution in [0.5, 0.6) is 0 Å². The lowest BCUT2D eigenvalue weighted by Crippen LogP contribution is -1.98. The molecule has 0 aromatic carbocycles. The van der Waals surface area contributed by atoms with E-state index in [4.69, 9.17) is 5.48 Å². The Hall–Kier alpha value is -1.05. The van der Waals surface area contributed by atoms with Crippen LogP contribution in [0.3, 0.4) is 0 Å². The standard InChI is InChI=1S/C5H5NO/c7-5-3-1-2-4-6-5/h1-4H,(H,6,7)/i1D,2D,3D,4D. The van der Waals surface area contributed by atoms with E-state index in [1.54, 1.807) is 0 Å². The van der Waals surface area contributed by atoms with Crippen molar-refractivity contribution in [2.45, 2.75) is 0 Å². The van der Waals surface area contributed by atoms with Gasteiger partial charge < -0.3 is 4.98 Å². The first-order chi connectivity index (χ1) is 5.04. The van der Waals surface area contributed by atoms with E-state index >= 15 is 0 Å². The van der Waals surface area contributed by atoms with Crippen LogP contribution in [0, 0.1) is 0 Å². The minimum absolute atomic E-state index is 0.420. The normalized spacial score (nSPS) is 16.6. The van der Waals surface area contributed by atoms with E-state index < -0.39 is 29.9 Å². The van der Waals surface area contributed by atoms with E-state index in [-0.39, 0.29) is 0 Å². The van der Waals surface area contributed by atoms with E-state index in [0.717, 1.165) is 0 Å². The molecule has 2 heteroatoms. The van der Waals surface area contributed by atoms with Gasteiger partial charge in [-0.05, 0) is 6.04 Å². The summed E-state index contributed by atoms with van der Waals surface area (Å²) in [6.45, 7) is 0. The Balaban J connectivity index is 3.59. The second-order valence-corrected chi connectivity index (χ2v) is 0.954. The summed E-state index contributed by atoms with van der Waals surface area (Å²) in [4.78, 5) is 12.6. The van der Waals surface area contributed by atoms with E-state index in [9.17, 15) is 4.79 Å². The predicted molar refractivity (Wildman–Crippen MR) is 27.1 cm³/mol. The number of hydrogen-bond acceptors (Lipinski definition) is 1. The van der Waals surface area contributed by atoms with Gasteiger partial charge in [-0.2, -0.15) is 0 Å². The van der Waals surface area contributed by atoms with Crippen molar-refractivity contribution in [1.82, 2.24) is 4.98 Å². The van der Waals surface area contributed by atoms with Crippen LogP contribution < -0.4 is 5.56 Å². The third-order valence-corrected chi connectivity index (χ3v) is 0.477. The number of hydrogen-bond donors (Lipinski definition) is 1. The maximum absolute atomic E-state index is 10.6. The Morgan fingerprint density at radius 2 is 2.57 bits per heavy atom. The number of nitrogens with one attached hydrogen (secondary N) is 1. The minimum atomic E-state index is -0.795. The van der Waals surface area contributed by atoms with Gasteiger partial charge in [0, 0.05) is 12.2 Å². The molecule has 0 aliphatic carbocycles. The first kappa shape index (κ1) is 1.47. The van der Waals surface area contributed by atoms with Gasteiger partial charge in [0.05, 0.1) is 5.48 Å². The molecule has 36 valence electrons. The molecule has 1 aromatic heterocycles. The molecule has 0 aliphatic heterocycles. The zero-order valence-corrected chi connectivity index (χ0v) is 3.41. The number of H-pyrrole nitrogens is 1. The molecule has 0 radical (unpaired) electrons. The molecule has 0 atom stereocenters. The molecule has 0 amide bonds. The summed E-state index contributed by atoms with van der Waals surface area (Å²) in [5.41, 5.74) is -0.795. The molecule has 1 rings (SSSR count). The van der Waals surface area contributed by atoms with Crippen LogP contribution in [0.4, 0.5) is 0 Å². The molecule has 7 heavy (non-hydrogen) atoms. The average molecular weight is 99.1 g/mol. The van der Waals surface area contributed by atoms with Gasteiger partial charge in [0.2, 0.25) is 5.56 Å². The van der Waals surface area contributed by atoms with Crippen LogP contribution in [0.2, 0.25) is 0 Å². The van der Waals surface area contributed by atoms with E-state index in [0.29, 0.717) is 0 Å². The van der Waals surface area contributed by atoms with Crippen molar-refractivity contribution in [3.63, 3.8) is 0 Å². The molecule has 0 saturated carbocycles. The van der Waals surface area contributed by atoms with Crippen molar-refractivity contribution in [3.8, 4) is 0 Å². The van der Waals surface area contributed by atoms with Crippen LogP contribution >= 0.6 is 0 Å². The molecule has 1 N–H and O–H groups in total. The highest BCUT2D eigenvalue weighted by molar-refractivity contribution is 4.89. The van der Waals surface area contributed by atoms with Gasteiger partial charge in [0.25, 0.3) is 0 Å². The highest BCUT2D eigenvalue weighted by Gasteiger charge is 1.69. The van der Waals surface area contributed by atoms with Crippen molar-refractivity contribution >= 4 is 0 Å². The van der Waals surface area contributed by atoms with Crippen LogP contribution in [-0.4, -0.2) is 4.98 Å². The topological polar surface area (TPSA) is 32.9 Å². The molecule has 0 fully saturated rings. The Morgan fingerprint density at radius 3 is 3.43 bits per heavy atom. The monoisotopic (exact) mass is 99.1 g/mol. The van der Waals surface area contributed by atoms with Crippen LogP contribution in [-0.2, 0) is 0 Å². The SMILES string of the molecule is [2H]c1[nH]c(=O)c([2H])c([2H])c1[2H]. The minimum Gasteiger partial charge on any atom is -0.329 e. The van der Waals surface area contributed by atoms with E-state index in [1.165, 1.54) is 0 Å². The molecular weight excluding hydrogens is 90.1 g/mol. The predicted octanol–water partition coefficient (Wildman–Crippen LogP) is 0.375. The smallest absolute Gasteiger partial charge is 0.247 e. The molecule has 0 aliphatic rings. The summed E-state index contributed by atoms with van der Waals surface area (Å²) >= 11 is 0. The zero-order chi connectivity index (χ0) is 8.59. The zero-order valence-electron chi connectivity index (χ0n) is 7.41. The second kappa shape index (κ2) is 1.60. The fourth-order valence-electron chi connectivity index (χ4n) is 0.239. The quantitative estimate of drug-likeness (QED) is 0.501. The number of aromatic amines is 1. The average Bonchev–Trinajstić information content (AvgIpc) is 1.97. The van der Waals surface area contributed by atoms with Crippen molar-refractivity contribution in [2.24, 2.45) is 0 Å². The Kier molecular flexibility index (Phi) is 0.336. The van der Waals surface area contributed by atoms with Gasteiger partial charge in [0.1, 0.15) is 0 Å². The number of pyridine rings is 1. The Morgan fingerprint density at radius 1 is 1.71 bits per heavy atom. The number of rotatable bonds is 0. The molecule has 0 spiro atoms. The first-order valence-corrected chi connectivity index (χ1v) is 1.70. The van der Waals surface area contributed by atoms with Gasteiger partial charge >= 0.3 is 0 Å². The van der Waals surface area contributed by atoms with Gasteiger partial charge in [-0.25, -0.2) is 0 Å². The van der Waals surface area contributed by atoms with Crippen molar-refractivity contribution in [2.75, 3.05) is 0 Å². The summed E-state index contributed by atoms with van der Waals surface area (Å²) in [6, 6.07) is -1.49. The van der Waals surface area contributed by atoms with E-state index in [1.807, 2.05) is 4.98 Å². The van der Waals surface area contributed by atoms with Gasteiger partial charge in [-0.3, -0.25) is 4.79 Å². The maximum atomic E-state index is 10.6. The van der Waals surface area contributed by atoms with Crippen LogP contribution in [0.25, 0.3) is 0 Å². The second-order valence-electron chi connectivity index (χ2n) is 0.954. The lowest BCUT2D eigenvalue weighted by Gasteiger charge is -1.73. The largest absolute Gasteiger partial charge is 0.329 e. The van der Waals surface area contributed by atoms with E-state index in [2.05, 4.69) is 0 Å². The Bertz CT molecular complexity index is 345. The fraction of sp³-hybridized carbons (Fsp3) is 0. The maximum Gasteiger partial charge on any atom is 0.247 e. The summed E-state index contributed by atoms with van der Waals surface area (Å²) in [7, 11) is 0. The fourth-order valence-corrected chi connectivity index (χ4v) is 0.239. The lowest BCUT2D eigenvalue weighted by molar-refractivity contribution is 1.24.